The second kappa shape index (κ2) is 8.08. The molecule has 1 fully saturated rings. The number of benzene rings is 1. The van der Waals surface area contributed by atoms with Gasteiger partial charge in [0.1, 0.15) is 0 Å². The maximum atomic E-state index is 13.2. The second-order valence-electron chi connectivity index (χ2n) is 6.94. The van der Waals surface area contributed by atoms with E-state index in [0.29, 0.717) is 17.8 Å². The zero-order chi connectivity index (χ0) is 19.5. The minimum absolute atomic E-state index is 0.00559. The van der Waals surface area contributed by atoms with E-state index in [9.17, 15) is 4.79 Å². The summed E-state index contributed by atoms with van der Waals surface area (Å²) >= 11 is 0. The van der Waals surface area contributed by atoms with Gasteiger partial charge in [0.25, 0.3) is 5.91 Å². The van der Waals surface area contributed by atoms with E-state index in [1.54, 1.807) is 17.8 Å². The third-order valence-corrected chi connectivity index (χ3v) is 5.27. The van der Waals surface area contributed by atoms with Crippen LogP contribution in [0.4, 0.5) is 0 Å². The van der Waals surface area contributed by atoms with E-state index in [1.165, 1.54) is 0 Å². The van der Waals surface area contributed by atoms with Crippen molar-refractivity contribution < 1.29 is 9.53 Å². The Morgan fingerprint density at radius 1 is 1.14 bits per heavy atom. The van der Waals surface area contributed by atoms with Crippen LogP contribution >= 0.6 is 0 Å². The Labute approximate surface area is 164 Å². The van der Waals surface area contributed by atoms with Gasteiger partial charge >= 0.3 is 0 Å². The molecule has 0 radical (unpaired) electrons. The summed E-state index contributed by atoms with van der Waals surface area (Å²) in [5, 5.41) is 4.71. The highest BCUT2D eigenvalue weighted by atomic mass is 16.5. The van der Waals surface area contributed by atoms with Crippen molar-refractivity contribution in [3.63, 3.8) is 0 Å². The van der Waals surface area contributed by atoms with Crippen molar-refractivity contribution in [2.45, 2.75) is 13.5 Å². The summed E-state index contributed by atoms with van der Waals surface area (Å²) in [5.74, 6) is -0.00559. The predicted molar refractivity (Wildman–Crippen MR) is 107 cm³/mol. The lowest BCUT2D eigenvalue weighted by atomic mass is 10.1. The highest BCUT2D eigenvalue weighted by Crippen LogP contribution is 2.22. The number of hydrogen-bond donors (Lipinski definition) is 0. The van der Waals surface area contributed by atoms with Crippen LogP contribution in [0.5, 0.6) is 0 Å². The summed E-state index contributed by atoms with van der Waals surface area (Å²) in [6.07, 6.45) is 1.66. The van der Waals surface area contributed by atoms with Crippen molar-refractivity contribution in [1.82, 2.24) is 24.4 Å². The van der Waals surface area contributed by atoms with Crippen molar-refractivity contribution in [3.8, 4) is 11.3 Å². The van der Waals surface area contributed by atoms with Crippen LogP contribution in [-0.4, -0.2) is 70.1 Å². The normalized spacial score (nSPS) is 15.3. The monoisotopic (exact) mass is 379 g/mol. The summed E-state index contributed by atoms with van der Waals surface area (Å²) in [4.78, 5) is 21.9. The number of fused-ring (bicyclic) bond motifs is 1. The van der Waals surface area contributed by atoms with Crippen LogP contribution in [0, 0.1) is 0 Å². The Bertz CT molecular complexity index is 962. The summed E-state index contributed by atoms with van der Waals surface area (Å²) in [5.41, 5.74) is 3.84. The zero-order valence-electron chi connectivity index (χ0n) is 16.3. The maximum Gasteiger partial charge on any atom is 0.257 e. The number of rotatable bonds is 5. The molecule has 1 aliphatic rings. The number of nitrogens with zero attached hydrogens (tertiary/aromatic N) is 5. The van der Waals surface area contributed by atoms with Gasteiger partial charge in [-0.15, -0.1) is 0 Å². The van der Waals surface area contributed by atoms with Crippen LogP contribution in [0.1, 0.15) is 23.0 Å². The van der Waals surface area contributed by atoms with Gasteiger partial charge in [-0.05, 0) is 6.54 Å². The predicted octanol–water partition coefficient (Wildman–Crippen LogP) is 2.32. The number of carbonyl (C=O) groups excluding carboxylic acids is 1. The van der Waals surface area contributed by atoms with Crippen molar-refractivity contribution in [2.24, 2.45) is 0 Å². The Kier molecular flexibility index (Phi) is 5.36. The minimum Gasteiger partial charge on any atom is -0.378 e. The molecule has 0 saturated carbocycles. The first-order chi connectivity index (χ1) is 13.7. The number of amides is 1. The lowest BCUT2D eigenvalue weighted by Gasteiger charge is -2.34. The molecule has 0 aliphatic carbocycles. The van der Waals surface area contributed by atoms with Crippen LogP contribution in [0.25, 0.3) is 16.9 Å². The van der Waals surface area contributed by atoms with Gasteiger partial charge in [-0.1, -0.05) is 37.3 Å². The summed E-state index contributed by atoms with van der Waals surface area (Å²) in [6, 6.07) is 11.9. The molecule has 7 nitrogen and oxygen atoms in total. The van der Waals surface area contributed by atoms with Crippen molar-refractivity contribution in [2.75, 3.05) is 39.8 Å². The molecular weight excluding hydrogens is 354 g/mol. The fourth-order valence-corrected chi connectivity index (χ4v) is 3.62. The van der Waals surface area contributed by atoms with E-state index >= 15 is 0 Å². The number of methoxy groups -OCH3 is 1. The Morgan fingerprint density at radius 2 is 1.89 bits per heavy atom. The molecule has 0 spiro atoms. The smallest absolute Gasteiger partial charge is 0.257 e. The molecule has 0 unspecified atom stereocenters. The standard InChI is InChI=1S/C21H25N5O2/c1-3-24-9-11-25(12-10-24)21(27)17-14-22-20-13-18(16-7-5-4-6-8-16)23-26(20)19(17)15-28-2/h4-8,13-14H,3,9-12,15H2,1-2H3. The van der Waals surface area contributed by atoms with E-state index in [1.807, 2.05) is 41.3 Å². The van der Waals surface area contributed by atoms with Gasteiger partial charge in [0.05, 0.1) is 23.6 Å². The van der Waals surface area contributed by atoms with Gasteiger partial charge in [0.2, 0.25) is 0 Å². The Hall–Kier alpha value is -2.77. The maximum absolute atomic E-state index is 13.2. The topological polar surface area (TPSA) is 63.0 Å². The number of hydrogen-bond acceptors (Lipinski definition) is 5. The van der Waals surface area contributed by atoms with E-state index in [0.717, 1.165) is 49.7 Å². The first-order valence-corrected chi connectivity index (χ1v) is 9.65. The highest BCUT2D eigenvalue weighted by molar-refractivity contribution is 5.95. The first-order valence-electron chi connectivity index (χ1n) is 9.65. The third-order valence-electron chi connectivity index (χ3n) is 5.27. The molecule has 1 saturated heterocycles. The van der Waals surface area contributed by atoms with Crippen LogP contribution < -0.4 is 0 Å². The molecular formula is C21H25N5O2. The molecule has 2 aromatic heterocycles. The van der Waals surface area contributed by atoms with E-state index in [-0.39, 0.29) is 5.91 Å². The Morgan fingerprint density at radius 3 is 2.57 bits per heavy atom. The van der Waals surface area contributed by atoms with Crippen molar-refractivity contribution in [1.29, 1.82) is 0 Å². The average molecular weight is 379 g/mol. The van der Waals surface area contributed by atoms with Gasteiger partial charge in [-0.3, -0.25) is 4.79 Å². The van der Waals surface area contributed by atoms with Gasteiger partial charge in [-0.25, -0.2) is 9.50 Å². The largest absolute Gasteiger partial charge is 0.378 e. The fourth-order valence-electron chi connectivity index (χ4n) is 3.62. The van der Waals surface area contributed by atoms with Gasteiger partial charge in [0, 0.05) is 51.1 Å². The molecule has 0 atom stereocenters. The quantitative estimate of drug-likeness (QED) is 0.681. The molecule has 1 amide bonds. The number of piperazine rings is 1. The van der Waals surface area contributed by atoms with Crippen LogP contribution in [0.15, 0.2) is 42.6 Å². The van der Waals surface area contributed by atoms with E-state index < -0.39 is 0 Å². The molecule has 3 aromatic rings. The lowest BCUT2D eigenvalue weighted by Crippen LogP contribution is -2.48. The van der Waals surface area contributed by atoms with Crippen LogP contribution in [0.2, 0.25) is 0 Å². The number of ether oxygens (including phenoxy) is 1. The van der Waals surface area contributed by atoms with Gasteiger partial charge < -0.3 is 14.5 Å². The van der Waals surface area contributed by atoms with Crippen molar-refractivity contribution in [3.05, 3.63) is 53.9 Å². The summed E-state index contributed by atoms with van der Waals surface area (Å²) in [6.45, 7) is 6.71. The molecule has 146 valence electrons. The zero-order valence-corrected chi connectivity index (χ0v) is 16.3. The molecule has 1 aliphatic heterocycles. The number of carbonyl (C=O) groups is 1. The van der Waals surface area contributed by atoms with E-state index in [2.05, 4.69) is 16.8 Å². The molecule has 28 heavy (non-hydrogen) atoms. The van der Waals surface area contributed by atoms with Crippen molar-refractivity contribution >= 4 is 11.6 Å². The van der Waals surface area contributed by atoms with Crippen LogP contribution in [0.3, 0.4) is 0 Å². The van der Waals surface area contributed by atoms with Crippen LogP contribution in [-0.2, 0) is 11.3 Å². The number of aromatic nitrogens is 3. The molecule has 1 aromatic carbocycles. The molecule has 3 heterocycles. The van der Waals surface area contributed by atoms with Gasteiger partial charge in [0.15, 0.2) is 5.65 Å². The molecule has 0 N–H and O–H groups in total. The molecule has 4 rings (SSSR count). The molecule has 0 bridgehead atoms. The first kappa shape index (κ1) is 18.6. The molecule has 7 heteroatoms. The second-order valence-corrected chi connectivity index (χ2v) is 6.94. The van der Waals surface area contributed by atoms with Gasteiger partial charge in [-0.2, -0.15) is 5.10 Å². The summed E-state index contributed by atoms with van der Waals surface area (Å²) < 4.78 is 7.13. The lowest BCUT2D eigenvalue weighted by molar-refractivity contribution is 0.0637. The minimum atomic E-state index is -0.00559. The third kappa shape index (κ3) is 3.50. The SMILES string of the molecule is CCN1CCN(C(=O)c2cnc3cc(-c4ccccc4)nn3c2COC)CC1. The number of likely N-dealkylation sites (N-methyl/N-ethyl adjacent to an activating group) is 1. The average Bonchev–Trinajstić information content (AvgIpc) is 3.19. The Balaban J connectivity index is 1.70. The van der Waals surface area contributed by atoms with E-state index in [4.69, 9.17) is 9.84 Å². The fraction of sp³-hybridized carbons (Fsp3) is 0.381. The highest BCUT2D eigenvalue weighted by Gasteiger charge is 2.25. The summed E-state index contributed by atoms with van der Waals surface area (Å²) in [7, 11) is 1.63.